The molecule has 1 saturated carbocycles. The maximum absolute atomic E-state index is 12.9. The Hall–Kier alpha value is -3.59. The van der Waals surface area contributed by atoms with Gasteiger partial charge >= 0.3 is 0 Å². The normalized spacial score (nSPS) is 16.4. The highest BCUT2D eigenvalue weighted by Crippen LogP contribution is 2.51. The number of amides is 1. The zero-order valence-corrected chi connectivity index (χ0v) is 27.6. The molecule has 0 bridgehead atoms. The first kappa shape index (κ1) is 31.8. The summed E-state index contributed by atoms with van der Waals surface area (Å²) in [5.74, 6) is 0.888. The van der Waals surface area contributed by atoms with E-state index >= 15 is 0 Å². The van der Waals surface area contributed by atoms with Crippen molar-refractivity contribution in [2.45, 2.75) is 31.7 Å². The Morgan fingerprint density at radius 3 is 2.48 bits per heavy atom. The molecular weight excluding hydrogens is 597 g/mol. The number of ether oxygens (including phenoxy) is 1. The molecule has 1 aliphatic carbocycles. The third-order valence-electron chi connectivity index (χ3n) is 8.72. The van der Waals surface area contributed by atoms with E-state index in [0.717, 1.165) is 31.6 Å². The van der Waals surface area contributed by atoms with E-state index in [9.17, 15) is 9.36 Å². The average molecular weight is 638 g/mol. The van der Waals surface area contributed by atoms with Crippen LogP contribution in [0.2, 0.25) is 5.02 Å². The molecule has 234 valence electrons. The number of halogens is 1. The summed E-state index contributed by atoms with van der Waals surface area (Å²) in [6.07, 6.45) is 7.44. The number of anilines is 6. The number of carbonyl (C=O) groups is 1. The van der Waals surface area contributed by atoms with E-state index in [0.29, 0.717) is 50.4 Å². The fourth-order valence-corrected chi connectivity index (χ4v) is 7.42. The molecule has 3 N–H and O–H groups in total. The molecule has 1 saturated heterocycles. The largest absolute Gasteiger partial charge is 0.494 e. The van der Waals surface area contributed by atoms with Gasteiger partial charge in [0.15, 0.2) is 5.82 Å². The minimum atomic E-state index is -2.56. The quantitative estimate of drug-likeness (QED) is 0.174. The fourth-order valence-electron chi connectivity index (χ4n) is 6.13. The molecule has 3 aromatic rings. The minimum absolute atomic E-state index is 0.262. The van der Waals surface area contributed by atoms with Crippen LogP contribution in [0.15, 0.2) is 55.3 Å². The number of nitrogens with zero attached hydrogens (tertiary/aromatic N) is 4. The van der Waals surface area contributed by atoms with Gasteiger partial charge < -0.3 is 35.1 Å². The third-order valence-corrected chi connectivity index (χ3v) is 10.5. The van der Waals surface area contributed by atoms with Crippen LogP contribution in [0.25, 0.3) is 0 Å². The van der Waals surface area contributed by atoms with Crippen LogP contribution in [0.5, 0.6) is 5.75 Å². The second-order valence-corrected chi connectivity index (χ2v) is 15.9. The second kappa shape index (κ2) is 12.8. The van der Waals surface area contributed by atoms with Crippen LogP contribution < -0.4 is 30.9 Å². The van der Waals surface area contributed by atoms with Gasteiger partial charge in [0.05, 0.1) is 36.1 Å². The first-order chi connectivity index (χ1) is 20.9. The number of aromatic nitrogens is 2. The first-order valence-corrected chi connectivity index (χ1v) is 17.7. The van der Waals surface area contributed by atoms with E-state index in [2.05, 4.69) is 56.4 Å². The Morgan fingerprint density at radius 2 is 1.84 bits per heavy atom. The zero-order valence-electron chi connectivity index (χ0n) is 26.0. The summed E-state index contributed by atoms with van der Waals surface area (Å²) in [6, 6.07) is 11.8. The Labute approximate surface area is 264 Å². The molecule has 0 radical (unpaired) electrons. The molecule has 12 heteroatoms. The number of hydrogen-bond donors (Lipinski definition) is 3. The molecule has 0 atom stereocenters. The van der Waals surface area contributed by atoms with Crippen molar-refractivity contribution in [1.29, 1.82) is 0 Å². The highest BCUT2D eigenvalue weighted by molar-refractivity contribution is 7.70. The molecular formula is C32H41ClN7O3P. The number of para-hydroxylation sites is 1. The predicted molar refractivity (Wildman–Crippen MR) is 182 cm³/mol. The van der Waals surface area contributed by atoms with E-state index in [1.54, 1.807) is 20.4 Å². The monoisotopic (exact) mass is 637 g/mol. The summed E-state index contributed by atoms with van der Waals surface area (Å²) in [7, 11) is 3.36. The predicted octanol–water partition coefficient (Wildman–Crippen LogP) is 6.31. The molecule has 0 unspecified atom stereocenters. The van der Waals surface area contributed by atoms with Gasteiger partial charge in [0.2, 0.25) is 11.9 Å². The van der Waals surface area contributed by atoms with E-state index in [-0.39, 0.29) is 11.9 Å². The van der Waals surface area contributed by atoms with E-state index in [1.807, 2.05) is 36.4 Å². The van der Waals surface area contributed by atoms with Crippen LogP contribution in [-0.4, -0.2) is 74.4 Å². The lowest BCUT2D eigenvalue weighted by molar-refractivity contribution is -0.111. The number of piperidine rings is 1. The highest BCUT2D eigenvalue weighted by Gasteiger charge is 2.46. The molecule has 1 aliphatic heterocycles. The summed E-state index contributed by atoms with van der Waals surface area (Å²) < 4.78 is 18.7. The number of methoxy groups -OCH3 is 1. The Bertz CT molecular complexity index is 1590. The molecule has 1 amide bonds. The van der Waals surface area contributed by atoms with Gasteiger partial charge in [-0.2, -0.15) is 4.98 Å². The fraction of sp³-hybridized carbons (Fsp3) is 0.406. The lowest BCUT2D eigenvalue weighted by atomic mass is 9.60. The molecule has 1 aromatic heterocycles. The van der Waals surface area contributed by atoms with Gasteiger partial charge in [0.1, 0.15) is 17.9 Å². The summed E-state index contributed by atoms with van der Waals surface area (Å²) in [5, 5.41) is 10.4. The Morgan fingerprint density at radius 1 is 1.14 bits per heavy atom. The van der Waals surface area contributed by atoms with Gasteiger partial charge in [-0.25, -0.2) is 4.98 Å². The van der Waals surface area contributed by atoms with E-state index in [1.165, 1.54) is 25.1 Å². The van der Waals surface area contributed by atoms with Crippen molar-refractivity contribution in [2.24, 2.45) is 5.41 Å². The molecule has 1 spiro atoms. The number of benzene rings is 2. The SMILES string of the molecule is C=CC(=O)Nc1cc(Nc2ncc(Cl)c(Nc3ccccc3P(C)(C)=O)n2)c(OC)cc1N1CCC2(CC1)CC(N(C)C)C2. The third kappa shape index (κ3) is 6.88. The van der Waals surface area contributed by atoms with Gasteiger partial charge in [-0.3, -0.25) is 4.79 Å². The van der Waals surface area contributed by atoms with Crippen LogP contribution in [0.4, 0.5) is 34.5 Å². The summed E-state index contributed by atoms with van der Waals surface area (Å²) >= 11 is 6.46. The average Bonchev–Trinajstić information content (AvgIpc) is 2.97. The topological polar surface area (TPSA) is 112 Å². The zero-order chi connectivity index (χ0) is 31.6. The second-order valence-electron chi connectivity index (χ2n) is 12.3. The number of carbonyl (C=O) groups excluding carboxylic acids is 1. The van der Waals surface area contributed by atoms with Crippen molar-refractivity contribution < 1.29 is 14.1 Å². The van der Waals surface area contributed by atoms with Gasteiger partial charge in [0, 0.05) is 30.5 Å². The summed E-state index contributed by atoms with van der Waals surface area (Å²) in [5.41, 5.74) is 3.16. The van der Waals surface area contributed by atoms with Gasteiger partial charge in [-0.1, -0.05) is 30.3 Å². The molecule has 44 heavy (non-hydrogen) atoms. The maximum atomic E-state index is 12.9. The van der Waals surface area contributed by atoms with Crippen molar-refractivity contribution in [3.8, 4) is 5.75 Å². The number of hydrogen-bond acceptors (Lipinski definition) is 9. The standard InChI is InChI=1S/C32H41ClN7O3P/c1-7-29(41)35-24-16-25(27(43-4)17-26(24)40-14-12-32(13-15-40)18-21(19-32)39(2)3)37-31-34-20-22(33)30(38-31)36-23-10-8-9-11-28(23)44(5,6)42/h7-11,16-17,20-21H,1,12-15,18-19H2,2-6H3,(H,35,41)(H2,34,36,37,38). The maximum Gasteiger partial charge on any atom is 0.247 e. The van der Waals surface area contributed by atoms with Crippen LogP contribution in [0.1, 0.15) is 25.7 Å². The van der Waals surface area contributed by atoms with Crippen LogP contribution in [0.3, 0.4) is 0 Å². The van der Waals surface area contributed by atoms with Crippen molar-refractivity contribution in [2.75, 3.05) is 68.5 Å². The molecule has 2 heterocycles. The van der Waals surface area contributed by atoms with Crippen LogP contribution >= 0.6 is 18.7 Å². The summed E-state index contributed by atoms with van der Waals surface area (Å²) in [4.78, 5) is 26.1. The van der Waals surface area contributed by atoms with Crippen LogP contribution in [-0.2, 0) is 9.36 Å². The lowest BCUT2D eigenvalue weighted by Gasteiger charge is -2.54. The first-order valence-electron chi connectivity index (χ1n) is 14.7. The highest BCUT2D eigenvalue weighted by atomic mass is 35.5. The lowest BCUT2D eigenvalue weighted by Crippen LogP contribution is -2.53. The summed E-state index contributed by atoms with van der Waals surface area (Å²) in [6.45, 7) is 8.86. The Balaban J connectivity index is 1.41. The van der Waals surface area contributed by atoms with Crippen molar-refractivity contribution in [3.05, 3.63) is 60.3 Å². The smallest absolute Gasteiger partial charge is 0.247 e. The minimum Gasteiger partial charge on any atom is -0.494 e. The van der Waals surface area contributed by atoms with E-state index in [4.69, 9.17) is 16.3 Å². The molecule has 2 aliphatic rings. The molecule has 5 rings (SSSR count). The van der Waals surface area contributed by atoms with Crippen LogP contribution in [0, 0.1) is 5.41 Å². The van der Waals surface area contributed by atoms with Crippen molar-refractivity contribution in [1.82, 2.24) is 14.9 Å². The Kier molecular flexibility index (Phi) is 9.25. The molecule has 2 fully saturated rings. The van der Waals surface area contributed by atoms with Gasteiger partial charge in [-0.05, 0) is 82.8 Å². The number of rotatable bonds is 10. The molecule has 2 aromatic carbocycles. The van der Waals surface area contributed by atoms with Gasteiger partial charge in [-0.15, -0.1) is 0 Å². The van der Waals surface area contributed by atoms with E-state index < -0.39 is 7.14 Å². The van der Waals surface area contributed by atoms with Crippen molar-refractivity contribution in [3.63, 3.8) is 0 Å². The van der Waals surface area contributed by atoms with Crippen molar-refractivity contribution >= 4 is 64.5 Å². The van der Waals surface area contributed by atoms with Gasteiger partial charge in [0.25, 0.3) is 0 Å². The number of nitrogens with one attached hydrogen (secondary N) is 3. The molecule has 10 nitrogen and oxygen atoms in total.